The number of ether oxygens (including phenoxy) is 1. The van der Waals surface area contributed by atoms with Crippen LogP contribution in [-0.2, 0) is 16.1 Å². The molecule has 0 saturated heterocycles. The van der Waals surface area contributed by atoms with Gasteiger partial charge in [-0.05, 0) is 12.5 Å². The monoisotopic (exact) mass is 232 g/mol. The first-order chi connectivity index (χ1) is 8.19. The molecule has 0 atom stereocenters. The topological polar surface area (TPSA) is 53.4 Å². The number of esters is 1. The maximum Gasteiger partial charge on any atom is 0.354 e. The average molecular weight is 232 g/mol. The van der Waals surface area contributed by atoms with Crippen LogP contribution in [0.15, 0.2) is 42.1 Å². The molecule has 1 aromatic carbocycles. The Morgan fingerprint density at radius 1 is 1.41 bits per heavy atom. The van der Waals surface area contributed by atoms with E-state index < -0.39 is 5.97 Å². The van der Waals surface area contributed by atoms with Gasteiger partial charge < -0.3 is 9.64 Å². The summed E-state index contributed by atoms with van der Waals surface area (Å²) in [6, 6.07) is 9.48. The fourth-order valence-electron chi connectivity index (χ4n) is 1.33. The molecule has 0 aliphatic heterocycles. The van der Waals surface area contributed by atoms with Crippen molar-refractivity contribution in [3.8, 4) is 0 Å². The fraction of sp³-hybridized carbons (Fsp3) is 0.231. The van der Waals surface area contributed by atoms with Gasteiger partial charge in [-0.2, -0.15) is 0 Å². The molecule has 1 aromatic rings. The van der Waals surface area contributed by atoms with Crippen LogP contribution in [-0.4, -0.2) is 24.3 Å². The Balaban J connectivity index is 2.58. The van der Waals surface area contributed by atoms with E-state index in [2.05, 4.69) is 0 Å². The Bertz CT molecular complexity index is 413. The second-order valence-corrected chi connectivity index (χ2v) is 3.48. The molecule has 0 heterocycles. The summed E-state index contributed by atoms with van der Waals surface area (Å²) in [5, 5.41) is 7.08. The third kappa shape index (κ3) is 3.75. The Morgan fingerprint density at radius 3 is 2.59 bits per heavy atom. The highest BCUT2D eigenvalue weighted by atomic mass is 16.5. The van der Waals surface area contributed by atoms with E-state index in [1.807, 2.05) is 30.3 Å². The van der Waals surface area contributed by atoms with Crippen molar-refractivity contribution in [1.82, 2.24) is 4.90 Å². The zero-order valence-electron chi connectivity index (χ0n) is 10.0. The van der Waals surface area contributed by atoms with Crippen LogP contribution < -0.4 is 0 Å². The Labute approximate surface area is 101 Å². The molecule has 0 bridgehead atoms. The van der Waals surface area contributed by atoms with Crippen LogP contribution in [0.2, 0.25) is 0 Å². The predicted octanol–water partition coefficient (Wildman–Crippen LogP) is 2.17. The number of hydrogen-bond acceptors (Lipinski definition) is 3. The molecule has 0 saturated carbocycles. The summed E-state index contributed by atoms with van der Waals surface area (Å²) < 4.78 is 5.15. The van der Waals surface area contributed by atoms with Crippen molar-refractivity contribution in [2.75, 3.05) is 7.05 Å². The number of hydrogen-bond donors (Lipinski definition) is 1. The second-order valence-electron chi connectivity index (χ2n) is 3.48. The van der Waals surface area contributed by atoms with Crippen molar-refractivity contribution < 1.29 is 9.53 Å². The lowest BCUT2D eigenvalue weighted by molar-refractivity contribution is -0.141. The number of rotatable bonds is 5. The van der Waals surface area contributed by atoms with Gasteiger partial charge in [0.05, 0.1) is 6.34 Å². The molecule has 4 nitrogen and oxygen atoms in total. The number of carbonyl (C=O) groups excluding carboxylic acids is 1. The zero-order chi connectivity index (χ0) is 12.7. The molecule has 1 N–H and O–H groups in total. The van der Waals surface area contributed by atoms with Crippen LogP contribution in [0.1, 0.15) is 12.5 Å². The van der Waals surface area contributed by atoms with Gasteiger partial charge in [-0.15, -0.1) is 0 Å². The molecular weight excluding hydrogens is 216 g/mol. The maximum atomic E-state index is 11.7. The number of nitrogens with one attached hydrogen (secondary N) is 1. The van der Waals surface area contributed by atoms with E-state index in [1.54, 1.807) is 20.0 Å². The summed E-state index contributed by atoms with van der Waals surface area (Å²) in [5.41, 5.74) is 1.30. The minimum atomic E-state index is -0.428. The van der Waals surface area contributed by atoms with Crippen molar-refractivity contribution in [1.29, 1.82) is 5.41 Å². The highest BCUT2D eigenvalue weighted by Gasteiger charge is 2.13. The molecule has 0 spiro atoms. The predicted molar refractivity (Wildman–Crippen MR) is 66.5 cm³/mol. The summed E-state index contributed by atoms with van der Waals surface area (Å²) in [7, 11) is 1.63. The molecule has 0 aromatic heterocycles. The van der Waals surface area contributed by atoms with Crippen LogP contribution in [0.5, 0.6) is 0 Å². The Morgan fingerprint density at radius 2 is 2.06 bits per heavy atom. The van der Waals surface area contributed by atoms with Gasteiger partial charge in [-0.1, -0.05) is 36.4 Å². The average Bonchev–Trinajstić information content (AvgIpc) is 2.38. The van der Waals surface area contributed by atoms with E-state index in [-0.39, 0.29) is 6.61 Å². The highest BCUT2D eigenvalue weighted by Crippen LogP contribution is 2.06. The molecule has 0 amide bonds. The van der Waals surface area contributed by atoms with Crippen molar-refractivity contribution in [2.24, 2.45) is 0 Å². The third-order valence-corrected chi connectivity index (χ3v) is 2.27. The second kappa shape index (κ2) is 6.48. The lowest BCUT2D eigenvalue weighted by atomic mass is 10.2. The quantitative estimate of drug-likeness (QED) is 0.366. The zero-order valence-corrected chi connectivity index (χ0v) is 10.0. The first-order valence-electron chi connectivity index (χ1n) is 5.29. The maximum absolute atomic E-state index is 11.7. The van der Waals surface area contributed by atoms with E-state index in [0.717, 1.165) is 11.9 Å². The molecule has 0 fully saturated rings. The SMILES string of the molecule is C/C=C(/C(=O)OCc1ccccc1)N(C)C=N. The lowest BCUT2D eigenvalue weighted by Gasteiger charge is -2.15. The van der Waals surface area contributed by atoms with Gasteiger partial charge in [-0.3, -0.25) is 5.41 Å². The van der Waals surface area contributed by atoms with Gasteiger partial charge in [0.2, 0.25) is 0 Å². The van der Waals surface area contributed by atoms with E-state index in [4.69, 9.17) is 10.1 Å². The van der Waals surface area contributed by atoms with Gasteiger partial charge in [0, 0.05) is 7.05 Å². The molecule has 1 rings (SSSR count). The van der Waals surface area contributed by atoms with Gasteiger partial charge in [-0.25, -0.2) is 4.79 Å². The Kier molecular flexibility index (Phi) is 4.94. The molecule has 0 unspecified atom stereocenters. The summed E-state index contributed by atoms with van der Waals surface area (Å²) in [6.45, 7) is 1.97. The first-order valence-corrected chi connectivity index (χ1v) is 5.29. The van der Waals surface area contributed by atoms with E-state index in [1.165, 1.54) is 4.90 Å². The molecular formula is C13H16N2O2. The molecule has 0 radical (unpaired) electrons. The van der Waals surface area contributed by atoms with Crippen molar-refractivity contribution in [2.45, 2.75) is 13.5 Å². The van der Waals surface area contributed by atoms with Crippen LogP contribution in [0.3, 0.4) is 0 Å². The molecule has 17 heavy (non-hydrogen) atoms. The smallest absolute Gasteiger partial charge is 0.354 e. The van der Waals surface area contributed by atoms with Crippen LogP contribution in [0, 0.1) is 5.41 Å². The summed E-state index contributed by atoms with van der Waals surface area (Å²) in [6.07, 6.45) is 2.69. The minimum absolute atomic E-state index is 0.239. The number of nitrogens with zero attached hydrogens (tertiary/aromatic N) is 1. The number of likely N-dealkylation sites (N-methyl/N-ethyl adjacent to an activating group) is 1. The lowest BCUT2D eigenvalue weighted by Crippen LogP contribution is -2.23. The number of allylic oxidation sites excluding steroid dienone is 1. The standard InChI is InChI=1S/C13H16N2O2/c1-3-12(15(2)10-14)13(16)17-9-11-7-5-4-6-8-11/h3-8,10,14H,9H2,1-2H3/b12-3-,14-10?. The normalized spacial score (nSPS) is 10.8. The molecule has 0 aliphatic rings. The van der Waals surface area contributed by atoms with Crippen LogP contribution in [0.25, 0.3) is 0 Å². The summed E-state index contributed by atoms with van der Waals surface area (Å²) in [4.78, 5) is 13.1. The van der Waals surface area contributed by atoms with E-state index in [9.17, 15) is 4.79 Å². The highest BCUT2D eigenvalue weighted by molar-refractivity contribution is 5.90. The largest absolute Gasteiger partial charge is 0.456 e. The van der Waals surface area contributed by atoms with Gasteiger partial charge in [0.1, 0.15) is 12.3 Å². The minimum Gasteiger partial charge on any atom is -0.456 e. The van der Waals surface area contributed by atoms with Crippen molar-refractivity contribution >= 4 is 12.3 Å². The Hall–Kier alpha value is -2.10. The van der Waals surface area contributed by atoms with Crippen molar-refractivity contribution in [3.63, 3.8) is 0 Å². The first kappa shape index (κ1) is 13.0. The molecule has 4 heteroatoms. The van der Waals surface area contributed by atoms with Gasteiger partial charge >= 0.3 is 5.97 Å². The van der Waals surface area contributed by atoms with Crippen LogP contribution >= 0.6 is 0 Å². The fourth-order valence-corrected chi connectivity index (χ4v) is 1.33. The third-order valence-electron chi connectivity index (χ3n) is 2.27. The van der Waals surface area contributed by atoms with Crippen LogP contribution in [0.4, 0.5) is 0 Å². The molecule has 0 aliphatic carbocycles. The summed E-state index contributed by atoms with van der Waals surface area (Å²) in [5.74, 6) is -0.428. The van der Waals surface area contributed by atoms with Gasteiger partial charge in [0.25, 0.3) is 0 Å². The van der Waals surface area contributed by atoms with E-state index in [0.29, 0.717) is 5.70 Å². The van der Waals surface area contributed by atoms with E-state index >= 15 is 0 Å². The number of carbonyl (C=O) groups is 1. The number of benzene rings is 1. The van der Waals surface area contributed by atoms with Crippen molar-refractivity contribution in [3.05, 3.63) is 47.7 Å². The van der Waals surface area contributed by atoms with Gasteiger partial charge in [0.15, 0.2) is 0 Å². The molecule has 90 valence electrons. The summed E-state index contributed by atoms with van der Waals surface area (Å²) >= 11 is 0.